The van der Waals surface area contributed by atoms with Crippen LogP contribution in [0.15, 0.2) is 17.2 Å². The second-order valence-electron chi connectivity index (χ2n) is 7.08. The molecular formula is C17H27N5O2S. The summed E-state index contributed by atoms with van der Waals surface area (Å²) in [6.45, 7) is 3.21. The molecule has 1 aromatic rings. The summed E-state index contributed by atoms with van der Waals surface area (Å²) in [5.41, 5.74) is -0.141. The van der Waals surface area contributed by atoms with Crippen molar-refractivity contribution >= 4 is 23.5 Å². The van der Waals surface area contributed by atoms with Crippen LogP contribution in [0.3, 0.4) is 0 Å². The highest BCUT2D eigenvalue weighted by Gasteiger charge is 2.38. The number of nitrogens with zero attached hydrogens (tertiary/aromatic N) is 4. The van der Waals surface area contributed by atoms with Gasteiger partial charge in [-0.05, 0) is 33.2 Å². The van der Waals surface area contributed by atoms with Crippen LogP contribution >= 0.6 is 11.8 Å². The van der Waals surface area contributed by atoms with E-state index in [1.165, 1.54) is 12.4 Å². The molecule has 2 fully saturated rings. The third-order valence-electron chi connectivity index (χ3n) is 5.35. The van der Waals surface area contributed by atoms with Gasteiger partial charge in [0.2, 0.25) is 5.91 Å². The highest BCUT2D eigenvalue weighted by Crippen LogP contribution is 2.28. The summed E-state index contributed by atoms with van der Waals surface area (Å²) in [5.74, 6) is 1.08. The number of thioether (sulfide) groups is 1. The molecule has 3 heterocycles. The fraction of sp³-hybridized carbons (Fsp3) is 0.706. The molecule has 25 heavy (non-hydrogen) atoms. The molecule has 8 heteroatoms. The van der Waals surface area contributed by atoms with Crippen LogP contribution in [0, 0.1) is 5.92 Å². The first kappa shape index (κ1) is 18.3. The van der Waals surface area contributed by atoms with Gasteiger partial charge in [0.15, 0.2) is 0 Å². The quantitative estimate of drug-likeness (QED) is 0.837. The number of hydrogen-bond acceptors (Lipinski definition) is 6. The van der Waals surface area contributed by atoms with Gasteiger partial charge in [-0.2, -0.15) is 11.8 Å². The van der Waals surface area contributed by atoms with E-state index in [4.69, 9.17) is 0 Å². The number of likely N-dealkylation sites (tertiary alicyclic amines) is 1. The van der Waals surface area contributed by atoms with Crippen LogP contribution in [0.2, 0.25) is 0 Å². The summed E-state index contributed by atoms with van der Waals surface area (Å²) in [6.07, 6.45) is 5.20. The molecule has 2 saturated heterocycles. The lowest BCUT2D eigenvalue weighted by molar-refractivity contribution is -0.135. The highest BCUT2D eigenvalue weighted by atomic mass is 32.2. The molecule has 2 unspecified atom stereocenters. The molecule has 7 nitrogen and oxygen atoms in total. The molecule has 2 atom stereocenters. The van der Waals surface area contributed by atoms with Gasteiger partial charge in [-0.3, -0.25) is 9.59 Å². The number of carbonyl (C=O) groups is 1. The Morgan fingerprint density at radius 1 is 1.32 bits per heavy atom. The van der Waals surface area contributed by atoms with Gasteiger partial charge < -0.3 is 19.7 Å². The van der Waals surface area contributed by atoms with Crippen molar-refractivity contribution in [1.82, 2.24) is 19.8 Å². The minimum absolute atomic E-state index is 0.0849. The normalized spacial score (nSPS) is 25.0. The lowest BCUT2D eigenvalue weighted by Gasteiger charge is -2.33. The van der Waals surface area contributed by atoms with Gasteiger partial charge in [0, 0.05) is 49.5 Å². The number of likely N-dealkylation sites (N-methyl/N-ethyl adjacent to an activating group) is 1. The molecule has 1 aromatic heterocycles. The highest BCUT2D eigenvalue weighted by molar-refractivity contribution is 7.99. The molecule has 1 N–H and O–H groups in total. The van der Waals surface area contributed by atoms with Gasteiger partial charge in [-0.1, -0.05) is 0 Å². The summed E-state index contributed by atoms with van der Waals surface area (Å²) in [4.78, 5) is 37.5. The fourth-order valence-corrected chi connectivity index (χ4v) is 4.78. The Bertz CT molecular complexity index is 656. The predicted octanol–water partition coefficient (Wildman–Crippen LogP) is 0.490. The summed E-state index contributed by atoms with van der Waals surface area (Å²) in [7, 11) is 4.18. The zero-order chi connectivity index (χ0) is 18.0. The lowest BCUT2D eigenvalue weighted by Crippen LogP contribution is -2.43. The number of nitrogens with one attached hydrogen (secondary N) is 1. The largest absolute Gasteiger partial charge is 0.356 e. The third kappa shape index (κ3) is 4.00. The van der Waals surface area contributed by atoms with Crippen molar-refractivity contribution in [2.24, 2.45) is 5.92 Å². The average molecular weight is 366 g/mol. The summed E-state index contributed by atoms with van der Waals surface area (Å²) < 4.78 is 0. The van der Waals surface area contributed by atoms with Crippen LogP contribution in [0.5, 0.6) is 0 Å². The Morgan fingerprint density at radius 3 is 2.60 bits per heavy atom. The number of hydrogen-bond donors (Lipinski definition) is 1. The topological polar surface area (TPSA) is 72.5 Å². The molecule has 2 aliphatic heterocycles. The minimum Gasteiger partial charge on any atom is -0.356 e. The molecule has 138 valence electrons. The van der Waals surface area contributed by atoms with Crippen LogP contribution in [0.4, 0.5) is 5.82 Å². The molecule has 0 bridgehead atoms. The maximum absolute atomic E-state index is 12.9. The summed E-state index contributed by atoms with van der Waals surface area (Å²) in [6, 6.07) is 1.95. The lowest BCUT2D eigenvalue weighted by atomic mass is 9.95. The number of aromatic amines is 1. The van der Waals surface area contributed by atoms with Crippen LogP contribution in [0.25, 0.3) is 0 Å². The van der Waals surface area contributed by atoms with E-state index in [0.717, 1.165) is 39.0 Å². The zero-order valence-corrected chi connectivity index (χ0v) is 16.0. The molecule has 2 aliphatic rings. The van der Waals surface area contributed by atoms with Gasteiger partial charge in [-0.15, -0.1) is 0 Å². The Hall–Kier alpha value is -1.54. The van der Waals surface area contributed by atoms with Gasteiger partial charge >= 0.3 is 0 Å². The number of anilines is 1. The molecular weight excluding hydrogens is 338 g/mol. The van der Waals surface area contributed by atoms with E-state index in [1.54, 1.807) is 0 Å². The second kappa shape index (κ2) is 7.78. The van der Waals surface area contributed by atoms with E-state index in [9.17, 15) is 9.59 Å². The SMILES string of the molecule is CSC1CN(C(=O)C2CCN(c3cc(=O)[nH]cn3)CC2)CC1N(C)C. The minimum atomic E-state index is -0.141. The van der Waals surface area contributed by atoms with Gasteiger partial charge in [0.05, 0.1) is 6.33 Å². The number of carbonyl (C=O) groups excluding carboxylic acids is 1. The number of piperidine rings is 1. The van der Waals surface area contributed by atoms with Crippen molar-refractivity contribution in [3.8, 4) is 0 Å². The van der Waals surface area contributed by atoms with Crippen LogP contribution in [-0.4, -0.2) is 83.5 Å². The van der Waals surface area contributed by atoms with Crippen LogP contribution < -0.4 is 10.5 Å². The molecule has 0 saturated carbocycles. The maximum Gasteiger partial charge on any atom is 0.252 e. The van der Waals surface area contributed by atoms with Crippen LogP contribution in [0.1, 0.15) is 12.8 Å². The predicted molar refractivity (Wildman–Crippen MR) is 101 cm³/mol. The van der Waals surface area contributed by atoms with Crippen molar-refractivity contribution in [1.29, 1.82) is 0 Å². The smallest absolute Gasteiger partial charge is 0.252 e. The zero-order valence-electron chi connectivity index (χ0n) is 15.1. The number of H-pyrrole nitrogens is 1. The van der Waals surface area contributed by atoms with Gasteiger partial charge in [-0.25, -0.2) is 4.98 Å². The van der Waals surface area contributed by atoms with E-state index >= 15 is 0 Å². The van der Waals surface area contributed by atoms with E-state index in [1.807, 2.05) is 11.8 Å². The maximum atomic E-state index is 12.9. The van der Waals surface area contributed by atoms with Crippen molar-refractivity contribution in [2.45, 2.75) is 24.1 Å². The van der Waals surface area contributed by atoms with E-state index in [2.05, 4.69) is 45.0 Å². The van der Waals surface area contributed by atoms with E-state index in [-0.39, 0.29) is 11.5 Å². The monoisotopic (exact) mass is 365 g/mol. The van der Waals surface area contributed by atoms with E-state index < -0.39 is 0 Å². The molecule has 0 spiro atoms. The Balaban J connectivity index is 1.58. The number of amides is 1. The Labute approximate surface area is 152 Å². The second-order valence-corrected chi connectivity index (χ2v) is 8.16. The van der Waals surface area contributed by atoms with Crippen molar-refractivity contribution in [3.63, 3.8) is 0 Å². The first-order chi connectivity index (χ1) is 12.0. The molecule has 0 aliphatic carbocycles. The first-order valence-electron chi connectivity index (χ1n) is 8.77. The summed E-state index contributed by atoms with van der Waals surface area (Å²) >= 11 is 1.85. The van der Waals surface area contributed by atoms with Gasteiger partial charge in [0.1, 0.15) is 5.82 Å². The first-order valence-corrected chi connectivity index (χ1v) is 10.1. The Morgan fingerprint density at radius 2 is 2.04 bits per heavy atom. The standard InChI is InChI=1S/C17H27N5O2S/c1-20(2)13-9-22(10-14(13)25-3)17(24)12-4-6-21(7-5-12)15-8-16(23)19-11-18-15/h8,11-14H,4-7,9-10H2,1-3H3,(H,18,19,23). The Kier molecular flexibility index (Phi) is 5.68. The van der Waals surface area contributed by atoms with E-state index in [0.29, 0.717) is 23.0 Å². The molecule has 1 amide bonds. The van der Waals surface area contributed by atoms with Crippen molar-refractivity contribution < 1.29 is 4.79 Å². The number of rotatable bonds is 4. The van der Waals surface area contributed by atoms with Crippen LogP contribution in [-0.2, 0) is 4.79 Å². The third-order valence-corrected chi connectivity index (χ3v) is 6.42. The van der Waals surface area contributed by atoms with Crippen molar-refractivity contribution in [2.75, 3.05) is 51.4 Å². The van der Waals surface area contributed by atoms with Crippen molar-refractivity contribution in [3.05, 3.63) is 22.7 Å². The number of aromatic nitrogens is 2. The fourth-order valence-electron chi connectivity index (χ4n) is 3.81. The molecule has 0 aromatic carbocycles. The van der Waals surface area contributed by atoms with Gasteiger partial charge in [0.25, 0.3) is 5.56 Å². The average Bonchev–Trinajstić information content (AvgIpc) is 3.06. The summed E-state index contributed by atoms with van der Waals surface area (Å²) in [5, 5.41) is 0.485. The molecule has 0 radical (unpaired) electrons. The molecule has 3 rings (SSSR count).